The van der Waals surface area contributed by atoms with Gasteiger partial charge in [0.15, 0.2) is 17.6 Å². The predicted octanol–water partition coefficient (Wildman–Crippen LogP) is 2.73. The summed E-state index contributed by atoms with van der Waals surface area (Å²) in [5.41, 5.74) is -0.123. The molecule has 2 atom stereocenters. The topological polar surface area (TPSA) is 49.5 Å². The van der Waals surface area contributed by atoms with E-state index < -0.39 is 12.3 Å². The minimum absolute atomic E-state index is 0.123. The van der Waals surface area contributed by atoms with Crippen molar-refractivity contribution in [3.63, 3.8) is 0 Å². The van der Waals surface area contributed by atoms with Gasteiger partial charge < -0.3 is 23.7 Å². The lowest BCUT2D eigenvalue weighted by Crippen LogP contribution is -2.25. The van der Waals surface area contributed by atoms with Crippen molar-refractivity contribution in [2.45, 2.75) is 18.4 Å². The van der Waals surface area contributed by atoms with Crippen molar-refractivity contribution in [2.75, 3.05) is 34.5 Å². The minimum Gasteiger partial charge on any atom is -0.493 e. The Kier molecular flexibility index (Phi) is 5.02. The van der Waals surface area contributed by atoms with Gasteiger partial charge in [0.25, 0.3) is 0 Å². The smallest absolute Gasteiger partial charge is 0.418 e. The molecule has 0 unspecified atom stereocenters. The van der Waals surface area contributed by atoms with Gasteiger partial charge in [-0.15, -0.1) is 0 Å². The number of alkyl halides is 3. The number of hydrogen-bond donors (Lipinski definition) is 0. The molecule has 1 aliphatic heterocycles. The van der Waals surface area contributed by atoms with Crippen molar-refractivity contribution >= 4 is 0 Å². The summed E-state index contributed by atoms with van der Waals surface area (Å²) >= 11 is 0. The van der Waals surface area contributed by atoms with Gasteiger partial charge in [0, 0.05) is 0 Å². The fourth-order valence-corrected chi connectivity index (χ4v) is 2.00. The van der Waals surface area contributed by atoms with E-state index in [4.69, 9.17) is 23.7 Å². The highest BCUT2D eigenvalue weighted by Gasteiger charge is 2.43. The predicted molar refractivity (Wildman–Crippen MR) is 70.6 cm³/mol. The molecule has 0 N–H and O–H groups in total. The first-order valence-electron chi connectivity index (χ1n) is 6.50. The number of ether oxygens (including phenoxy) is 5. The number of epoxide rings is 1. The zero-order valence-corrected chi connectivity index (χ0v) is 12.4. The molecule has 0 aromatic heterocycles. The van der Waals surface area contributed by atoms with Crippen molar-refractivity contribution in [3.8, 4) is 17.2 Å². The van der Waals surface area contributed by atoms with Gasteiger partial charge >= 0.3 is 6.18 Å². The van der Waals surface area contributed by atoms with Crippen LogP contribution >= 0.6 is 0 Å². The van der Waals surface area contributed by atoms with E-state index in [0.29, 0.717) is 6.61 Å². The van der Waals surface area contributed by atoms with Crippen LogP contribution in [0.5, 0.6) is 17.2 Å². The lowest BCUT2D eigenvalue weighted by Gasteiger charge is -2.23. The molecule has 1 aromatic carbocycles. The highest BCUT2D eigenvalue weighted by Crippen LogP contribution is 2.44. The van der Waals surface area contributed by atoms with Crippen LogP contribution in [0.25, 0.3) is 0 Å². The molecule has 1 aliphatic rings. The van der Waals surface area contributed by atoms with Gasteiger partial charge in [-0.3, -0.25) is 0 Å². The Morgan fingerprint density at radius 1 is 1.14 bits per heavy atom. The molecule has 0 spiro atoms. The van der Waals surface area contributed by atoms with Crippen molar-refractivity contribution < 1.29 is 36.9 Å². The standard InChI is InChI=1S/C14H17F3O5/c1-18-10-4-8(5-11(19-2)12(10)20-3)13(14(15,16)17)22-7-9-6-21-9/h4-5,9,13H,6-7H2,1-3H3/t9-,13-/m0/s1. The van der Waals surface area contributed by atoms with E-state index in [1.807, 2.05) is 0 Å². The molecule has 1 heterocycles. The maximum absolute atomic E-state index is 13.3. The van der Waals surface area contributed by atoms with Crippen molar-refractivity contribution in [2.24, 2.45) is 0 Å². The Bertz CT molecular complexity index is 489. The molecule has 0 aliphatic carbocycles. The van der Waals surface area contributed by atoms with Crippen LogP contribution in [0.1, 0.15) is 11.7 Å². The van der Waals surface area contributed by atoms with Gasteiger partial charge in [-0.25, -0.2) is 0 Å². The first-order valence-corrected chi connectivity index (χ1v) is 6.50. The zero-order valence-electron chi connectivity index (χ0n) is 12.4. The fourth-order valence-electron chi connectivity index (χ4n) is 2.00. The summed E-state index contributed by atoms with van der Waals surface area (Å²) in [6.45, 7) is 0.292. The van der Waals surface area contributed by atoms with E-state index in [-0.39, 0.29) is 35.5 Å². The number of benzene rings is 1. The van der Waals surface area contributed by atoms with Crippen molar-refractivity contribution in [1.29, 1.82) is 0 Å². The molecule has 8 heteroatoms. The average Bonchev–Trinajstić information content (AvgIpc) is 3.29. The molecule has 1 aromatic rings. The van der Waals surface area contributed by atoms with Gasteiger partial charge in [-0.05, 0) is 17.7 Å². The average molecular weight is 322 g/mol. The molecule has 124 valence electrons. The molecular weight excluding hydrogens is 305 g/mol. The van der Waals surface area contributed by atoms with Crippen LogP contribution in [0.2, 0.25) is 0 Å². The van der Waals surface area contributed by atoms with Gasteiger partial charge in [-0.2, -0.15) is 13.2 Å². The summed E-state index contributed by atoms with van der Waals surface area (Å²) in [5, 5.41) is 0. The SMILES string of the molecule is COc1cc([C@H](OC[C@@H]2CO2)C(F)(F)F)cc(OC)c1OC. The number of rotatable bonds is 7. The number of hydrogen-bond acceptors (Lipinski definition) is 5. The van der Waals surface area contributed by atoms with Gasteiger partial charge in [0.1, 0.15) is 6.10 Å². The summed E-state index contributed by atoms with van der Waals surface area (Å²) in [6.07, 6.45) is -6.93. The van der Waals surface area contributed by atoms with Crippen LogP contribution in [-0.4, -0.2) is 46.8 Å². The summed E-state index contributed by atoms with van der Waals surface area (Å²) < 4.78 is 64.8. The third-order valence-electron chi connectivity index (χ3n) is 3.14. The van der Waals surface area contributed by atoms with Crippen LogP contribution in [0, 0.1) is 0 Å². The van der Waals surface area contributed by atoms with E-state index in [0.717, 1.165) is 0 Å². The maximum atomic E-state index is 13.3. The molecule has 0 bridgehead atoms. The van der Waals surface area contributed by atoms with E-state index in [1.165, 1.54) is 33.5 Å². The third-order valence-corrected chi connectivity index (χ3v) is 3.14. The van der Waals surface area contributed by atoms with E-state index in [9.17, 15) is 13.2 Å². The Morgan fingerprint density at radius 3 is 2.05 bits per heavy atom. The molecular formula is C14H17F3O5. The normalized spacial score (nSPS) is 18.7. The van der Waals surface area contributed by atoms with E-state index >= 15 is 0 Å². The summed E-state index contributed by atoms with van der Waals surface area (Å²) in [6, 6.07) is 2.46. The minimum atomic E-state index is -4.57. The molecule has 0 amide bonds. The highest BCUT2D eigenvalue weighted by atomic mass is 19.4. The van der Waals surface area contributed by atoms with Crippen LogP contribution in [0.4, 0.5) is 13.2 Å². The molecule has 1 fully saturated rings. The van der Waals surface area contributed by atoms with Crippen LogP contribution in [0.15, 0.2) is 12.1 Å². The Balaban J connectivity index is 2.36. The highest BCUT2D eigenvalue weighted by molar-refractivity contribution is 5.54. The van der Waals surface area contributed by atoms with Gasteiger partial charge in [-0.1, -0.05) is 0 Å². The van der Waals surface area contributed by atoms with E-state index in [2.05, 4.69) is 0 Å². The molecule has 22 heavy (non-hydrogen) atoms. The zero-order chi connectivity index (χ0) is 16.3. The molecule has 1 saturated heterocycles. The Labute approximate surface area is 125 Å². The van der Waals surface area contributed by atoms with Gasteiger partial charge in [0.2, 0.25) is 5.75 Å². The molecule has 0 radical (unpaired) electrons. The van der Waals surface area contributed by atoms with Gasteiger partial charge in [0.05, 0.1) is 34.5 Å². The molecule has 0 saturated carbocycles. The fraction of sp³-hybridized carbons (Fsp3) is 0.571. The van der Waals surface area contributed by atoms with Crippen molar-refractivity contribution in [3.05, 3.63) is 17.7 Å². The Morgan fingerprint density at radius 2 is 1.68 bits per heavy atom. The molecule has 5 nitrogen and oxygen atoms in total. The summed E-state index contributed by atoms with van der Waals surface area (Å²) in [7, 11) is 4.05. The van der Waals surface area contributed by atoms with Crippen LogP contribution in [0.3, 0.4) is 0 Å². The third kappa shape index (κ3) is 3.75. The second kappa shape index (κ2) is 6.62. The number of methoxy groups -OCH3 is 3. The first-order chi connectivity index (χ1) is 10.4. The van der Waals surface area contributed by atoms with Crippen molar-refractivity contribution in [1.82, 2.24) is 0 Å². The number of halogens is 3. The maximum Gasteiger partial charge on any atom is 0.418 e. The summed E-state index contributed by atoms with van der Waals surface area (Å²) in [4.78, 5) is 0. The lowest BCUT2D eigenvalue weighted by atomic mass is 10.1. The lowest BCUT2D eigenvalue weighted by molar-refractivity contribution is -0.224. The Hall–Kier alpha value is -1.67. The quantitative estimate of drug-likeness (QED) is 0.723. The van der Waals surface area contributed by atoms with Crippen LogP contribution in [-0.2, 0) is 9.47 Å². The first kappa shape index (κ1) is 16.7. The summed E-state index contributed by atoms with van der Waals surface area (Å²) in [5.74, 6) is 0.495. The monoisotopic (exact) mass is 322 g/mol. The molecule has 2 rings (SSSR count). The van der Waals surface area contributed by atoms with E-state index in [1.54, 1.807) is 0 Å². The largest absolute Gasteiger partial charge is 0.493 e. The van der Waals surface area contributed by atoms with Crippen LogP contribution < -0.4 is 14.2 Å². The second-order valence-electron chi connectivity index (χ2n) is 4.67. The second-order valence-corrected chi connectivity index (χ2v) is 4.67.